The Morgan fingerprint density at radius 1 is 1.32 bits per heavy atom. The summed E-state index contributed by atoms with van der Waals surface area (Å²) < 4.78 is 5.23. The van der Waals surface area contributed by atoms with E-state index in [1.807, 2.05) is 20.8 Å². The summed E-state index contributed by atoms with van der Waals surface area (Å²) in [5.41, 5.74) is 2.19. The molecule has 1 saturated carbocycles. The van der Waals surface area contributed by atoms with Gasteiger partial charge in [-0.1, -0.05) is 5.16 Å². The van der Waals surface area contributed by atoms with Gasteiger partial charge in [0.1, 0.15) is 5.76 Å². The van der Waals surface area contributed by atoms with Crippen molar-refractivity contribution in [1.29, 1.82) is 0 Å². The normalized spacial score (nSPS) is 21.8. The highest BCUT2D eigenvalue weighted by Gasteiger charge is 2.30. The molecule has 2 fully saturated rings. The van der Waals surface area contributed by atoms with Crippen LogP contribution in [-0.4, -0.2) is 59.1 Å². The smallest absolute Gasteiger partial charge is 0.237 e. The molecular formula is C16H26N4O2. The van der Waals surface area contributed by atoms with E-state index in [4.69, 9.17) is 4.52 Å². The van der Waals surface area contributed by atoms with Crippen molar-refractivity contribution in [3.05, 3.63) is 17.0 Å². The maximum atomic E-state index is 12.1. The first-order valence-electron chi connectivity index (χ1n) is 8.23. The molecule has 22 heavy (non-hydrogen) atoms. The van der Waals surface area contributed by atoms with E-state index in [2.05, 4.69) is 20.3 Å². The van der Waals surface area contributed by atoms with Crippen molar-refractivity contribution in [2.45, 2.75) is 52.2 Å². The molecule has 6 heteroatoms. The second kappa shape index (κ2) is 6.38. The molecule has 1 aliphatic heterocycles. The van der Waals surface area contributed by atoms with Crippen LogP contribution in [0.25, 0.3) is 0 Å². The third-order valence-electron chi connectivity index (χ3n) is 4.82. The number of amides is 1. The lowest BCUT2D eigenvalue weighted by Gasteiger charge is -2.37. The lowest BCUT2D eigenvalue weighted by molar-refractivity contribution is -0.126. The van der Waals surface area contributed by atoms with Crippen LogP contribution in [0.3, 0.4) is 0 Å². The van der Waals surface area contributed by atoms with Crippen LogP contribution in [0.2, 0.25) is 0 Å². The van der Waals surface area contributed by atoms with Crippen LogP contribution in [0.4, 0.5) is 0 Å². The molecule has 2 heterocycles. The maximum absolute atomic E-state index is 12.1. The van der Waals surface area contributed by atoms with Gasteiger partial charge in [-0.2, -0.15) is 0 Å². The van der Waals surface area contributed by atoms with Gasteiger partial charge in [0.15, 0.2) is 0 Å². The van der Waals surface area contributed by atoms with Crippen molar-refractivity contribution in [3.8, 4) is 0 Å². The van der Waals surface area contributed by atoms with Crippen LogP contribution in [0.1, 0.15) is 36.8 Å². The number of carbonyl (C=O) groups is 1. The second-order valence-corrected chi connectivity index (χ2v) is 6.57. The highest BCUT2D eigenvalue weighted by molar-refractivity contribution is 5.81. The predicted molar refractivity (Wildman–Crippen MR) is 83.5 cm³/mol. The number of nitrogens with zero attached hydrogens (tertiary/aromatic N) is 3. The molecule has 1 unspecified atom stereocenters. The molecule has 0 bridgehead atoms. The fraction of sp³-hybridized carbons (Fsp3) is 0.750. The van der Waals surface area contributed by atoms with Crippen molar-refractivity contribution < 1.29 is 9.32 Å². The first kappa shape index (κ1) is 15.5. The SMILES string of the molecule is Cc1noc(C)c1CN1CCN(C(C)C(=O)NC2CC2)CC1. The monoisotopic (exact) mass is 306 g/mol. The zero-order chi connectivity index (χ0) is 15.7. The number of piperazine rings is 1. The Hall–Kier alpha value is -1.40. The van der Waals surface area contributed by atoms with Gasteiger partial charge in [-0.05, 0) is 33.6 Å². The fourth-order valence-corrected chi connectivity index (χ4v) is 2.98. The number of hydrogen-bond donors (Lipinski definition) is 1. The van der Waals surface area contributed by atoms with Gasteiger partial charge in [-0.3, -0.25) is 14.6 Å². The summed E-state index contributed by atoms with van der Waals surface area (Å²) in [5.74, 6) is 1.10. The van der Waals surface area contributed by atoms with Crippen LogP contribution in [-0.2, 0) is 11.3 Å². The average Bonchev–Trinajstić information content (AvgIpc) is 3.28. The van der Waals surface area contributed by atoms with Crippen LogP contribution in [0.5, 0.6) is 0 Å². The molecule has 6 nitrogen and oxygen atoms in total. The Labute approximate surface area is 131 Å². The predicted octanol–water partition coefficient (Wildman–Crippen LogP) is 1.08. The number of hydrogen-bond acceptors (Lipinski definition) is 5. The minimum absolute atomic E-state index is 0.0261. The Morgan fingerprint density at radius 2 is 2.00 bits per heavy atom. The highest BCUT2D eigenvalue weighted by atomic mass is 16.5. The van der Waals surface area contributed by atoms with E-state index < -0.39 is 0 Å². The number of aromatic nitrogens is 1. The molecule has 1 aliphatic carbocycles. The van der Waals surface area contributed by atoms with E-state index in [0.717, 1.165) is 57.0 Å². The maximum Gasteiger partial charge on any atom is 0.237 e. The second-order valence-electron chi connectivity index (χ2n) is 6.57. The molecule has 0 spiro atoms. The molecule has 1 atom stereocenters. The number of carbonyl (C=O) groups excluding carboxylic acids is 1. The Kier molecular flexibility index (Phi) is 4.49. The topological polar surface area (TPSA) is 61.6 Å². The molecule has 1 aromatic rings. The molecule has 1 aromatic heterocycles. The van der Waals surface area contributed by atoms with Crippen LogP contribution in [0, 0.1) is 13.8 Å². The van der Waals surface area contributed by atoms with Crippen LogP contribution < -0.4 is 5.32 Å². The third-order valence-corrected chi connectivity index (χ3v) is 4.82. The van der Waals surface area contributed by atoms with Gasteiger partial charge in [0.25, 0.3) is 0 Å². The van der Waals surface area contributed by atoms with Crippen molar-refractivity contribution in [2.75, 3.05) is 26.2 Å². The van der Waals surface area contributed by atoms with Crippen molar-refractivity contribution in [2.24, 2.45) is 0 Å². The molecule has 1 amide bonds. The van der Waals surface area contributed by atoms with E-state index in [0.29, 0.717) is 6.04 Å². The van der Waals surface area contributed by atoms with E-state index in [1.165, 1.54) is 5.56 Å². The number of rotatable bonds is 5. The minimum atomic E-state index is -0.0261. The summed E-state index contributed by atoms with van der Waals surface area (Å²) in [4.78, 5) is 16.8. The largest absolute Gasteiger partial charge is 0.361 e. The zero-order valence-electron chi connectivity index (χ0n) is 13.8. The van der Waals surface area contributed by atoms with Crippen molar-refractivity contribution in [1.82, 2.24) is 20.3 Å². The minimum Gasteiger partial charge on any atom is -0.361 e. The first-order chi connectivity index (χ1) is 10.5. The molecule has 122 valence electrons. The molecule has 0 aromatic carbocycles. The fourth-order valence-electron chi connectivity index (χ4n) is 2.98. The number of aryl methyl sites for hydroxylation is 2. The standard InChI is InChI=1S/C16H26N4O2/c1-11-15(13(3)22-18-11)10-19-6-8-20(9-7-19)12(2)16(21)17-14-4-5-14/h12,14H,4-10H2,1-3H3,(H,17,21). The summed E-state index contributed by atoms with van der Waals surface area (Å²) in [7, 11) is 0. The van der Waals surface area contributed by atoms with Gasteiger partial charge in [0.2, 0.25) is 5.91 Å². The van der Waals surface area contributed by atoms with E-state index in [1.54, 1.807) is 0 Å². The molecule has 0 radical (unpaired) electrons. The molecule has 2 aliphatic rings. The van der Waals surface area contributed by atoms with Gasteiger partial charge in [-0.15, -0.1) is 0 Å². The third kappa shape index (κ3) is 3.50. The van der Waals surface area contributed by atoms with Gasteiger partial charge in [-0.25, -0.2) is 0 Å². The van der Waals surface area contributed by atoms with Gasteiger partial charge in [0.05, 0.1) is 11.7 Å². The van der Waals surface area contributed by atoms with Gasteiger partial charge < -0.3 is 9.84 Å². The lowest BCUT2D eigenvalue weighted by atomic mass is 10.1. The summed E-state index contributed by atoms with van der Waals surface area (Å²) in [6.07, 6.45) is 2.29. The average molecular weight is 306 g/mol. The Balaban J connectivity index is 1.48. The van der Waals surface area contributed by atoms with Gasteiger partial charge in [0, 0.05) is 44.3 Å². The molecule has 1 saturated heterocycles. The summed E-state index contributed by atoms with van der Waals surface area (Å²) in [6.45, 7) is 10.7. The molecule has 1 N–H and O–H groups in total. The van der Waals surface area contributed by atoms with Crippen molar-refractivity contribution >= 4 is 5.91 Å². The zero-order valence-corrected chi connectivity index (χ0v) is 13.8. The quantitative estimate of drug-likeness (QED) is 0.882. The van der Waals surface area contributed by atoms with Crippen molar-refractivity contribution in [3.63, 3.8) is 0 Å². The van der Waals surface area contributed by atoms with Crippen LogP contribution in [0.15, 0.2) is 4.52 Å². The Morgan fingerprint density at radius 3 is 2.55 bits per heavy atom. The lowest BCUT2D eigenvalue weighted by Crippen LogP contribution is -2.53. The van der Waals surface area contributed by atoms with E-state index in [-0.39, 0.29) is 11.9 Å². The summed E-state index contributed by atoms with van der Waals surface area (Å²) in [6, 6.07) is 0.414. The highest BCUT2D eigenvalue weighted by Crippen LogP contribution is 2.20. The molecular weight excluding hydrogens is 280 g/mol. The summed E-state index contributed by atoms with van der Waals surface area (Å²) >= 11 is 0. The van der Waals surface area contributed by atoms with Crippen LogP contribution >= 0.6 is 0 Å². The number of nitrogens with one attached hydrogen (secondary N) is 1. The summed E-state index contributed by atoms with van der Waals surface area (Å²) in [5, 5.41) is 7.12. The van der Waals surface area contributed by atoms with E-state index >= 15 is 0 Å². The van der Waals surface area contributed by atoms with Gasteiger partial charge >= 0.3 is 0 Å². The molecule has 3 rings (SSSR count). The first-order valence-corrected chi connectivity index (χ1v) is 8.23. The Bertz CT molecular complexity index is 511. The van der Waals surface area contributed by atoms with E-state index in [9.17, 15) is 4.79 Å².